The topological polar surface area (TPSA) is 9.23 Å². The first-order chi connectivity index (χ1) is 20.3. The summed E-state index contributed by atoms with van der Waals surface area (Å²) in [6, 6.07) is 4.80. The number of benzene rings is 2. The molecule has 0 radical (unpaired) electrons. The first-order valence-electron chi connectivity index (χ1n) is 17.0. The number of hydrogen-bond donors (Lipinski definition) is 0. The van der Waals surface area contributed by atoms with Crippen LogP contribution in [0.15, 0.2) is 48.6 Å². The second-order valence-corrected chi connectivity index (χ2v) is 18.0. The maximum atomic E-state index is 6.70. The van der Waals surface area contributed by atoms with Gasteiger partial charge in [0.2, 0.25) is 0 Å². The average molecular weight is 589 g/mol. The van der Waals surface area contributed by atoms with Crippen molar-refractivity contribution in [2.45, 2.75) is 130 Å². The quantitative estimate of drug-likeness (QED) is 0.323. The minimum Gasteiger partial charge on any atom is -0.489 e. The third-order valence-electron chi connectivity index (χ3n) is 11.0. The molecule has 1 nitrogen and oxygen atoms in total. The second kappa shape index (κ2) is 9.85. The molecule has 0 aliphatic heterocycles. The molecule has 4 aliphatic carbocycles. The van der Waals surface area contributed by atoms with Gasteiger partial charge in [-0.25, -0.2) is 0 Å². The first kappa shape index (κ1) is 31.2. The average Bonchev–Trinajstić information content (AvgIpc) is 3.26. The zero-order chi connectivity index (χ0) is 32.2. The van der Waals surface area contributed by atoms with Gasteiger partial charge in [-0.2, -0.15) is 0 Å². The van der Waals surface area contributed by atoms with Gasteiger partial charge in [-0.15, -0.1) is 0 Å². The van der Waals surface area contributed by atoms with E-state index >= 15 is 0 Å². The number of hydrogen-bond acceptors (Lipinski definition) is 1. The van der Waals surface area contributed by atoms with E-state index < -0.39 is 0 Å². The molecule has 2 aromatic rings. The van der Waals surface area contributed by atoms with Crippen molar-refractivity contribution in [3.63, 3.8) is 0 Å². The Kier molecular flexibility index (Phi) is 6.98. The van der Waals surface area contributed by atoms with Crippen LogP contribution < -0.4 is 15.2 Å². The van der Waals surface area contributed by atoms with E-state index in [1.54, 1.807) is 22.3 Å². The Morgan fingerprint density at radius 3 is 2.18 bits per heavy atom. The lowest BCUT2D eigenvalue weighted by molar-refractivity contribution is 0.316. The Labute approximate surface area is 267 Å². The molecule has 1 heteroatoms. The summed E-state index contributed by atoms with van der Waals surface area (Å²) < 4.78 is 6.70. The van der Waals surface area contributed by atoms with Crippen LogP contribution in [0, 0.1) is 17.8 Å². The van der Waals surface area contributed by atoms with Gasteiger partial charge < -0.3 is 4.74 Å². The molecule has 2 atom stereocenters. The van der Waals surface area contributed by atoms with Crippen LogP contribution in [0.4, 0.5) is 0 Å². The van der Waals surface area contributed by atoms with E-state index in [0.29, 0.717) is 18.4 Å². The Balaban J connectivity index is 1.74. The monoisotopic (exact) mass is 588 g/mol. The van der Waals surface area contributed by atoms with Crippen molar-refractivity contribution in [3.05, 3.63) is 98.0 Å². The third-order valence-corrected chi connectivity index (χ3v) is 11.0. The highest BCUT2D eigenvalue weighted by atomic mass is 16.5. The molecule has 0 aromatic heterocycles. The Morgan fingerprint density at radius 2 is 1.55 bits per heavy atom. The number of allylic oxidation sites excluding steroid dienone is 4. The summed E-state index contributed by atoms with van der Waals surface area (Å²) in [5, 5.41) is 3.02. The van der Waals surface area contributed by atoms with Gasteiger partial charge in [0.15, 0.2) is 0 Å². The van der Waals surface area contributed by atoms with E-state index in [1.165, 1.54) is 39.1 Å². The molecule has 0 fully saturated rings. The Morgan fingerprint density at radius 1 is 0.886 bits per heavy atom. The molecule has 44 heavy (non-hydrogen) atoms. The molecule has 0 N–H and O–H groups in total. The van der Waals surface area contributed by atoms with Crippen LogP contribution in [-0.4, -0.2) is 6.61 Å². The van der Waals surface area contributed by atoms with E-state index in [9.17, 15) is 0 Å². The summed E-state index contributed by atoms with van der Waals surface area (Å²) in [5.74, 6) is 1.70. The van der Waals surface area contributed by atoms with Crippen molar-refractivity contribution in [1.82, 2.24) is 0 Å². The smallest absolute Gasteiger partial charge is 0.127 e. The molecule has 4 aliphatic rings. The molecule has 2 unspecified atom stereocenters. The van der Waals surface area contributed by atoms with E-state index in [4.69, 9.17) is 4.74 Å². The van der Waals surface area contributed by atoms with Crippen molar-refractivity contribution >= 4 is 12.2 Å². The van der Waals surface area contributed by atoms with Crippen LogP contribution in [0.25, 0.3) is 12.2 Å². The predicted molar refractivity (Wildman–Crippen MR) is 189 cm³/mol. The third kappa shape index (κ3) is 4.98. The summed E-state index contributed by atoms with van der Waals surface area (Å²) in [6.07, 6.45) is 18.2. The predicted octanol–water partition coefficient (Wildman–Crippen LogP) is 9.75. The van der Waals surface area contributed by atoms with Gasteiger partial charge >= 0.3 is 0 Å². The fourth-order valence-corrected chi connectivity index (χ4v) is 9.05. The van der Waals surface area contributed by atoms with Crippen LogP contribution in [0.5, 0.6) is 5.75 Å². The first-order valence-corrected chi connectivity index (χ1v) is 17.0. The van der Waals surface area contributed by atoms with Crippen LogP contribution in [0.1, 0.15) is 140 Å². The molecule has 0 saturated heterocycles. The highest BCUT2D eigenvalue weighted by Crippen LogP contribution is 2.58. The fraction of sp³-hybridized carbons (Fsp3) is 0.535. The van der Waals surface area contributed by atoms with Gasteiger partial charge in [-0.1, -0.05) is 137 Å². The van der Waals surface area contributed by atoms with Crippen LogP contribution in [0.2, 0.25) is 0 Å². The lowest BCUT2D eigenvalue weighted by Gasteiger charge is -2.45. The van der Waals surface area contributed by atoms with Crippen LogP contribution >= 0.6 is 0 Å². The highest BCUT2D eigenvalue weighted by Gasteiger charge is 2.47. The highest BCUT2D eigenvalue weighted by molar-refractivity contribution is 5.72. The summed E-state index contributed by atoms with van der Waals surface area (Å²) in [6.45, 7) is 33.3. The van der Waals surface area contributed by atoms with E-state index in [-0.39, 0.29) is 27.1 Å². The summed E-state index contributed by atoms with van der Waals surface area (Å²) in [5.41, 5.74) is 12.1. The van der Waals surface area contributed by atoms with Crippen molar-refractivity contribution in [3.8, 4) is 5.75 Å². The molecule has 234 valence electrons. The van der Waals surface area contributed by atoms with Gasteiger partial charge in [-0.3, -0.25) is 0 Å². The molecule has 0 bridgehead atoms. The largest absolute Gasteiger partial charge is 0.489 e. The molecule has 0 saturated carbocycles. The van der Waals surface area contributed by atoms with Crippen molar-refractivity contribution in [1.29, 1.82) is 0 Å². The SMILES string of the molecule is C=CCOc1c(C2CC(C)(C)C=C3C=c4c(c5c(c6c4=CC(C)(C)CC6)C(C)(C)C=CC5(C)C)C32)cc(C)cc1C(C)(C)C. The standard InChI is InChI=1S/C43H56O/c1-14-19-44-38-30(20-26(2)21-33(38)39(3,4)5)32-25-41(8,9)23-27-22-29-31-24-40(6,7)16-15-28(31)36-37(35(29)34(27)32)43(12,13)18-17-42(36,10)11/h14,17-18,20-24,32,34H,1,15-16,19,25H2,2-13H3. The van der Waals surface area contributed by atoms with Crippen molar-refractivity contribution in [2.24, 2.45) is 10.8 Å². The summed E-state index contributed by atoms with van der Waals surface area (Å²) in [7, 11) is 0. The Bertz CT molecular complexity index is 1740. The molecular weight excluding hydrogens is 532 g/mol. The zero-order valence-electron chi connectivity index (χ0n) is 29.7. The van der Waals surface area contributed by atoms with Gasteiger partial charge in [0.05, 0.1) is 0 Å². The molecule has 0 spiro atoms. The number of fused-ring (bicyclic) bond motifs is 8. The maximum Gasteiger partial charge on any atom is 0.127 e. The molecule has 0 amide bonds. The molecular formula is C43H56O. The molecule has 6 rings (SSSR count). The zero-order valence-corrected chi connectivity index (χ0v) is 29.7. The van der Waals surface area contributed by atoms with Crippen molar-refractivity contribution in [2.75, 3.05) is 6.61 Å². The maximum absolute atomic E-state index is 6.70. The number of aryl methyl sites for hydroxylation is 1. The van der Waals surface area contributed by atoms with Gasteiger partial charge in [-0.05, 0) is 92.2 Å². The minimum atomic E-state index is -0.0386. The lowest BCUT2D eigenvalue weighted by atomic mass is 9.59. The summed E-state index contributed by atoms with van der Waals surface area (Å²) >= 11 is 0. The lowest BCUT2D eigenvalue weighted by Crippen LogP contribution is -2.45. The fourth-order valence-electron chi connectivity index (χ4n) is 9.05. The van der Waals surface area contributed by atoms with Gasteiger partial charge in [0.25, 0.3) is 0 Å². The number of rotatable bonds is 4. The summed E-state index contributed by atoms with van der Waals surface area (Å²) in [4.78, 5) is 0. The number of ether oxygens (including phenoxy) is 1. The normalized spacial score (nSPS) is 25.0. The van der Waals surface area contributed by atoms with E-state index in [1.807, 2.05) is 6.08 Å². The minimum absolute atomic E-state index is 0.00381. The van der Waals surface area contributed by atoms with Crippen LogP contribution in [0.3, 0.4) is 0 Å². The van der Waals surface area contributed by atoms with E-state index in [0.717, 1.165) is 18.6 Å². The van der Waals surface area contributed by atoms with E-state index in [2.05, 4.69) is 132 Å². The molecule has 0 heterocycles. The van der Waals surface area contributed by atoms with Gasteiger partial charge in [0.1, 0.15) is 12.4 Å². The van der Waals surface area contributed by atoms with Crippen LogP contribution in [-0.2, 0) is 22.7 Å². The Hall–Kier alpha value is -2.80. The second-order valence-electron chi connectivity index (χ2n) is 18.0. The van der Waals surface area contributed by atoms with Gasteiger partial charge in [0, 0.05) is 22.3 Å². The molecule has 2 aromatic carbocycles. The van der Waals surface area contributed by atoms with Crippen molar-refractivity contribution < 1.29 is 4.74 Å².